The fourth-order valence-corrected chi connectivity index (χ4v) is 5.84. The van der Waals surface area contributed by atoms with Gasteiger partial charge < -0.3 is 0 Å². The highest BCUT2D eigenvalue weighted by atomic mass is 32.2. The second-order valence-electron chi connectivity index (χ2n) is 7.77. The summed E-state index contributed by atoms with van der Waals surface area (Å²) in [6.07, 6.45) is 0.837. The number of nitrogens with zero attached hydrogens (tertiary/aromatic N) is 2. The van der Waals surface area contributed by atoms with E-state index in [1.807, 2.05) is 18.2 Å². The normalized spacial score (nSPS) is 14.2. The predicted octanol–water partition coefficient (Wildman–Crippen LogP) is 3.56. The van der Waals surface area contributed by atoms with Crippen LogP contribution in [0.15, 0.2) is 53.4 Å². The molecule has 9 heteroatoms. The number of aryl methyl sites for hydroxylation is 1. The minimum Gasteiger partial charge on any atom is -0.298 e. The molecule has 0 radical (unpaired) electrons. The number of benzene rings is 2. The summed E-state index contributed by atoms with van der Waals surface area (Å²) in [5.74, 6) is -0.358. The van der Waals surface area contributed by atoms with Gasteiger partial charge in [0.15, 0.2) is 5.13 Å². The smallest absolute Gasteiger partial charge is 0.257 e. The number of fused-ring (bicyclic) bond motifs is 1. The summed E-state index contributed by atoms with van der Waals surface area (Å²) in [7, 11) is -3.64. The van der Waals surface area contributed by atoms with E-state index < -0.39 is 10.0 Å². The van der Waals surface area contributed by atoms with E-state index in [0.717, 1.165) is 36.6 Å². The molecule has 0 aliphatic carbocycles. The molecular formula is C23H26N4O3S2. The molecule has 1 aromatic heterocycles. The summed E-state index contributed by atoms with van der Waals surface area (Å²) in [6.45, 7) is 6.38. The van der Waals surface area contributed by atoms with E-state index in [1.165, 1.54) is 29.0 Å². The highest BCUT2D eigenvalue weighted by molar-refractivity contribution is 7.89. The lowest BCUT2D eigenvalue weighted by atomic mass is 10.1. The summed E-state index contributed by atoms with van der Waals surface area (Å²) < 4.78 is 27.1. The molecule has 0 fully saturated rings. The average molecular weight is 471 g/mol. The van der Waals surface area contributed by atoms with E-state index in [1.54, 1.807) is 19.9 Å². The summed E-state index contributed by atoms with van der Waals surface area (Å²) in [5.41, 5.74) is 3.32. The first kappa shape index (κ1) is 22.6. The molecule has 0 unspecified atom stereocenters. The molecule has 4 rings (SSSR count). The van der Waals surface area contributed by atoms with Crippen molar-refractivity contribution < 1.29 is 13.2 Å². The van der Waals surface area contributed by atoms with Gasteiger partial charge in [0.25, 0.3) is 5.91 Å². The fraction of sp³-hybridized carbons (Fsp3) is 0.304. The van der Waals surface area contributed by atoms with Crippen LogP contribution in [-0.2, 0) is 29.5 Å². The lowest BCUT2D eigenvalue weighted by Crippen LogP contribution is -2.29. The van der Waals surface area contributed by atoms with Crippen LogP contribution in [0.5, 0.6) is 0 Å². The Balaban J connectivity index is 1.48. The standard InChI is InChI=1S/C23H26N4O3S2/c1-3-24-32(29,30)18-10-9-16(2)19(13-18)22(28)26-23-25-20-11-12-27(15-21(20)31-23)14-17-7-5-4-6-8-17/h4-10,13,24H,3,11-12,14-15H2,1-2H3,(H,25,26,28). The Morgan fingerprint density at radius 3 is 2.72 bits per heavy atom. The quantitative estimate of drug-likeness (QED) is 0.551. The Hall–Kier alpha value is -2.59. The van der Waals surface area contributed by atoms with E-state index >= 15 is 0 Å². The number of nitrogens with one attached hydrogen (secondary N) is 2. The summed E-state index contributed by atoms with van der Waals surface area (Å²) >= 11 is 1.48. The lowest BCUT2D eigenvalue weighted by Gasteiger charge is -2.25. The van der Waals surface area contributed by atoms with E-state index in [4.69, 9.17) is 0 Å². The molecule has 7 nitrogen and oxygen atoms in total. The van der Waals surface area contributed by atoms with Crippen molar-refractivity contribution in [2.45, 2.75) is 38.3 Å². The number of rotatable bonds is 7. The SMILES string of the molecule is CCNS(=O)(=O)c1ccc(C)c(C(=O)Nc2nc3c(s2)CN(Cc2ccccc2)CC3)c1. The second-order valence-corrected chi connectivity index (χ2v) is 10.6. The fourth-order valence-electron chi connectivity index (χ4n) is 3.73. The van der Waals surface area contributed by atoms with Gasteiger partial charge in [0.2, 0.25) is 10.0 Å². The van der Waals surface area contributed by atoms with Gasteiger partial charge in [-0.25, -0.2) is 18.1 Å². The van der Waals surface area contributed by atoms with Crippen molar-refractivity contribution in [3.63, 3.8) is 0 Å². The molecule has 32 heavy (non-hydrogen) atoms. The highest BCUT2D eigenvalue weighted by Gasteiger charge is 2.23. The molecule has 168 valence electrons. The summed E-state index contributed by atoms with van der Waals surface area (Å²) in [5, 5.41) is 3.41. The monoisotopic (exact) mass is 470 g/mol. The maximum absolute atomic E-state index is 12.9. The summed E-state index contributed by atoms with van der Waals surface area (Å²) in [6, 6.07) is 14.9. The first-order valence-corrected chi connectivity index (χ1v) is 12.8. The molecule has 3 aromatic rings. The molecule has 2 N–H and O–H groups in total. The van der Waals surface area contributed by atoms with Gasteiger partial charge in [-0.15, -0.1) is 11.3 Å². The molecule has 0 bridgehead atoms. The Morgan fingerprint density at radius 1 is 1.19 bits per heavy atom. The van der Waals surface area contributed by atoms with Gasteiger partial charge >= 0.3 is 0 Å². The van der Waals surface area contributed by atoms with Crippen molar-refractivity contribution in [2.24, 2.45) is 0 Å². The first-order valence-electron chi connectivity index (χ1n) is 10.5. The Kier molecular flexibility index (Phi) is 6.71. The van der Waals surface area contributed by atoms with Gasteiger partial charge in [0.1, 0.15) is 0 Å². The lowest BCUT2D eigenvalue weighted by molar-refractivity contribution is 0.102. The number of anilines is 1. The molecule has 0 spiro atoms. The molecule has 0 saturated carbocycles. The number of hydrogen-bond acceptors (Lipinski definition) is 6. The van der Waals surface area contributed by atoms with E-state index in [0.29, 0.717) is 16.3 Å². The Labute approximate surface area is 192 Å². The Morgan fingerprint density at radius 2 is 1.97 bits per heavy atom. The molecule has 2 aromatic carbocycles. The van der Waals surface area contributed by atoms with Crippen molar-refractivity contribution in [3.8, 4) is 0 Å². The topological polar surface area (TPSA) is 91.4 Å². The van der Waals surface area contributed by atoms with Crippen molar-refractivity contribution in [1.29, 1.82) is 0 Å². The first-order chi connectivity index (χ1) is 15.4. The maximum Gasteiger partial charge on any atom is 0.257 e. The second kappa shape index (κ2) is 9.50. The van der Waals surface area contributed by atoms with E-state index in [9.17, 15) is 13.2 Å². The van der Waals surface area contributed by atoms with Gasteiger partial charge in [-0.05, 0) is 30.2 Å². The minimum absolute atomic E-state index is 0.0742. The number of carbonyl (C=O) groups is 1. The number of carbonyl (C=O) groups excluding carboxylic acids is 1. The number of thiazole rings is 1. The third kappa shape index (κ3) is 5.07. The molecule has 1 amide bonds. The molecule has 2 heterocycles. The molecule has 1 aliphatic rings. The minimum atomic E-state index is -3.64. The van der Waals surface area contributed by atoms with Crippen LogP contribution < -0.4 is 10.0 Å². The van der Waals surface area contributed by atoms with Crippen LogP contribution >= 0.6 is 11.3 Å². The third-order valence-corrected chi connectivity index (χ3v) is 7.92. The highest BCUT2D eigenvalue weighted by Crippen LogP contribution is 2.29. The number of aromatic nitrogens is 1. The van der Waals surface area contributed by atoms with Crippen molar-refractivity contribution >= 4 is 32.4 Å². The Bertz CT molecular complexity index is 1220. The number of hydrogen-bond donors (Lipinski definition) is 2. The molecule has 0 saturated heterocycles. The van der Waals surface area contributed by atoms with Gasteiger partial charge in [-0.1, -0.05) is 43.3 Å². The molecular weight excluding hydrogens is 444 g/mol. The zero-order chi connectivity index (χ0) is 22.7. The third-order valence-electron chi connectivity index (χ3n) is 5.38. The van der Waals surface area contributed by atoms with Crippen LogP contribution in [0.1, 0.15) is 39.0 Å². The van der Waals surface area contributed by atoms with Crippen molar-refractivity contribution in [2.75, 3.05) is 18.4 Å². The number of amides is 1. The van der Waals surface area contributed by atoms with Gasteiger partial charge in [-0.2, -0.15) is 0 Å². The zero-order valence-corrected chi connectivity index (χ0v) is 19.7. The van der Waals surface area contributed by atoms with Crippen LogP contribution in [0.4, 0.5) is 5.13 Å². The molecule has 0 atom stereocenters. The van der Waals surface area contributed by atoms with Crippen molar-refractivity contribution in [1.82, 2.24) is 14.6 Å². The van der Waals surface area contributed by atoms with Crippen LogP contribution in [0.25, 0.3) is 0 Å². The largest absolute Gasteiger partial charge is 0.298 e. The van der Waals surface area contributed by atoms with Gasteiger partial charge in [-0.3, -0.25) is 15.0 Å². The maximum atomic E-state index is 12.9. The number of sulfonamides is 1. The molecule has 1 aliphatic heterocycles. The van der Waals surface area contributed by atoms with E-state index in [-0.39, 0.29) is 17.3 Å². The predicted molar refractivity (Wildman–Crippen MR) is 126 cm³/mol. The van der Waals surface area contributed by atoms with E-state index in [2.05, 4.69) is 32.1 Å². The average Bonchev–Trinajstić information content (AvgIpc) is 3.16. The van der Waals surface area contributed by atoms with Gasteiger partial charge in [0, 0.05) is 43.0 Å². The summed E-state index contributed by atoms with van der Waals surface area (Å²) in [4.78, 5) is 21.1. The van der Waals surface area contributed by atoms with Crippen LogP contribution in [0.2, 0.25) is 0 Å². The van der Waals surface area contributed by atoms with Gasteiger partial charge in [0.05, 0.1) is 10.6 Å². The zero-order valence-electron chi connectivity index (χ0n) is 18.1. The van der Waals surface area contributed by atoms with Crippen LogP contribution in [0, 0.1) is 6.92 Å². The van der Waals surface area contributed by atoms with Crippen LogP contribution in [-0.4, -0.2) is 37.3 Å². The van der Waals surface area contributed by atoms with Crippen LogP contribution in [0.3, 0.4) is 0 Å². The van der Waals surface area contributed by atoms with Crippen molar-refractivity contribution in [3.05, 3.63) is 75.8 Å².